The van der Waals surface area contributed by atoms with E-state index < -0.39 is 0 Å². The Balaban J connectivity index is 1.58. The van der Waals surface area contributed by atoms with Gasteiger partial charge in [-0.25, -0.2) is 4.52 Å². The van der Waals surface area contributed by atoms with Crippen LogP contribution in [0.25, 0.3) is 16.9 Å². The fourth-order valence-corrected chi connectivity index (χ4v) is 4.65. The summed E-state index contributed by atoms with van der Waals surface area (Å²) in [5.41, 5.74) is 4.16. The molecule has 7 heteroatoms. The van der Waals surface area contributed by atoms with Crippen molar-refractivity contribution in [2.75, 3.05) is 5.32 Å². The highest BCUT2D eigenvalue weighted by atomic mass is 16.1. The number of aromatic nitrogens is 3. The maximum atomic E-state index is 13.2. The summed E-state index contributed by atoms with van der Waals surface area (Å²) >= 11 is 0. The first-order valence-electron chi connectivity index (χ1n) is 11.8. The molecule has 3 heterocycles. The van der Waals surface area contributed by atoms with Crippen molar-refractivity contribution >= 4 is 17.1 Å². The van der Waals surface area contributed by atoms with Crippen LogP contribution in [0.5, 0.6) is 0 Å². The SMILES string of the molecule is CC(C)Nc1cc(-c2ccc3cc(C#N)cnn23)ncc1C(=O)NC1CCC(C(C)C)CC1. The smallest absolute Gasteiger partial charge is 0.255 e. The summed E-state index contributed by atoms with van der Waals surface area (Å²) < 4.78 is 1.76. The Morgan fingerprint density at radius 3 is 2.55 bits per heavy atom. The molecule has 0 radical (unpaired) electrons. The zero-order chi connectivity index (χ0) is 23.5. The molecule has 0 unspecified atom stereocenters. The van der Waals surface area contributed by atoms with E-state index >= 15 is 0 Å². The number of fused-ring (bicyclic) bond motifs is 1. The highest BCUT2D eigenvalue weighted by Crippen LogP contribution is 2.31. The van der Waals surface area contributed by atoms with Crippen LogP contribution in [0.4, 0.5) is 5.69 Å². The number of rotatable bonds is 6. The standard InChI is InChI=1S/C26H32N6O/c1-16(2)19-5-7-20(8-6-19)31-26(33)22-15-28-24(12-23(22)30-17(3)4)25-10-9-21-11-18(13-27)14-29-32(21)25/h9-12,14-17,19-20H,5-8H2,1-4H3,(H,28,30)(H,31,33). The summed E-state index contributed by atoms with van der Waals surface area (Å²) in [6, 6.07) is 10.0. The van der Waals surface area contributed by atoms with Crippen molar-refractivity contribution in [2.24, 2.45) is 11.8 Å². The maximum absolute atomic E-state index is 13.2. The molecular formula is C26H32N6O. The zero-order valence-electron chi connectivity index (χ0n) is 19.8. The highest BCUT2D eigenvalue weighted by Gasteiger charge is 2.25. The second-order valence-corrected chi connectivity index (χ2v) is 9.65. The molecule has 1 saturated carbocycles. The minimum Gasteiger partial charge on any atom is -0.382 e. The topological polar surface area (TPSA) is 95.1 Å². The van der Waals surface area contributed by atoms with Gasteiger partial charge >= 0.3 is 0 Å². The van der Waals surface area contributed by atoms with Crippen LogP contribution in [0.1, 0.15) is 69.3 Å². The van der Waals surface area contributed by atoms with Crippen LogP contribution in [-0.2, 0) is 0 Å². The van der Waals surface area contributed by atoms with Gasteiger partial charge in [0.05, 0.1) is 39.9 Å². The van der Waals surface area contributed by atoms with Gasteiger partial charge in [0.25, 0.3) is 5.91 Å². The Morgan fingerprint density at radius 2 is 1.88 bits per heavy atom. The van der Waals surface area contributed by atoms with E-state index in [1.807, 2.05) is 32.0 Å². The van der Waals surface area contributed by atoms with E-state index in [1.54, 1.807) is 23.0 Å². The second-order valence-electron chi connectivity index (χ2n) is 9.65. The largest absolute Gasteiger partial charge is 0.382 e. The summed E-state index contributed by atoms with van der Waals surface area (Å²) in [5, 5.41) is 20.2. The molecule has 1 fully saturated rings. The minimum atomic E-state index is -0.0815. The van der Waals surface area contributed by atoms with Gasteiger partial charge in [-0.05, 0) is 75.6 Å². The maximum Gasteiger partial charge on any atom is 0.255 e. The fourth-order valence-electron chi connectivity index (χ4n) is 4.65. The lowest BCUT2D eigenvalue weighted by molar-refractivity contribution is 0.0918. The van der Waals surface area contributed by atoms with Gasteiger partial charge in [-0.1, -0.05) is 13.8 Å². The molecule has 7 nitrogen and oxygen atoms in total. The predicted octanol–water partition coefficient (Wildman–Crippen LogP) is 5.03. The average Bonchev–Trinajstić information content (AvgIpc) is 3.22. The number of carbonyl (C=O) groups is 1. The average molecular weight is 445 g/mol. The summed E-state index contributed by atoms with van der Waals surface area (Å²) in [4.78, 5) is 17.8. The van der Waals surface area contributed by atoms with Gasteiger partial charge in [-0.2, -0.15) is 10.4 Å². The number of nitrogens with zero attached hydrogens (tertiary/aromatic N) is 4. The van der Waals surface area contributed by atoms with E-state index in [4.69, 9.17) is 5.26 Å². The molecule has 0 aromatic carbocycles. The Kier molecular flexibility index (Phi) is 6.64. The van der Waals surface area contributed by atoms with Gasteiger partial charge in [-0.3, -0.25) is 9.78 Å². The van der Waals surface area contributed by atoms with E-state index in [2.05, 4.69) is 40.6 Å². The van der Waals surface area contributed by atoms with Crippen molar-refractivity contribution in [3.8, 4) is 17.5 Å². The molecule has 1 aliphatic rings. The number of anilines is 1. The lowest BCUT2D eigenvalue weighted by atomic mass is 9.79. The molecule has 4 rings (SSSR count). The van der Waals surface area contributed by atoms with Crippen molar-refractivity contribution in [3.05, 3.63) is 47.8 Å². The molecule has 2 N–H and O–H groups in total. The lowest BCUT2D eigenvalue weighted by Crippen LogP contribution is -2.38. The molecule has 0 bridgehead atoms. The molecule has 1 amide bonds. The number of hydrogen-bond acceptors (Lipinski definition) is 5. The van der Waals surface area contributed by atoms with E-state index in [0.29, 0.717) is 22.7 Å². The number of nitriles is 1. The first kappa shape index (κ1) is 22.8. The quantitative estimate of drug-likeness (QED) is 0.556. The van der Waals surface area contributed by atoms with E-state index in [9.17, 15) is 4.79 Å². The van der Waals surface area contributed by atoms with Crippen LogP contribution >= 0.6 is 0 Å². The summed E-state index contributed by atoms with van der Waals surface area (Å²) in [5.74, 6) is 1.38. The van der Waals surface area contributed by atoms with Crippen LogP contribution in [-0.4, -0.2) is 32.6 Å². The third-order valence-electron chi connectivity index (χ3n) is 6.53. The van der Waals surface area contributed by atoms with Gasteiger partial charge in [-0.15, -0.1) is 0 Å². The van der Waals surface area contributed by atoms with E-state index in [-0.39, 0.29) is 18.0 Å². The van der Waals surface area contributed by atoms with Crippen LogP contribution < -0.4 is 10.6 Å². The first-order valence-corrected chi connectivity index (χ1v) is 11.8. The third kappa shape index (κ3) is 5.00. The molecule has 0 spiro atoms. The summed E-state index contributed by atoms with van der Waals surface area (Å²) in [6.07, 6.45) is 7.58. The van der Waals surface area contributed by atoms with Gasteiger partial charge in [0, 0.05) is 18.3 Å². The molecule has 1 aliphatic carbocycles. The van der Waals surface area contributed by atoms with Gasteiger partial charge < -0.3 is 10.6 Å². The summed E-state index contributed by atoms with van der Waals surface area (Å²) in [6.45, 7) is 8.67. The van der Waals surface area contributed by atoms with E-state index in [0.717, 1.165) is 35.7 Å². The number of amides is 1. The van der Waals surface area contributed by atoms with Crippen molar-refractivity contribution in [3.63, 3.8) is 0 Å². The molecule has 3 aromatic rings. The predicted molar refractivity (Wildman–Crippen MR) is 130 cm³/mol. The Hall–Kier alpha value is -3.40. The van der Waals surface area contributed by atoms with Crippen molar-refractivity contribution in [1.82, 2.24) is 19.9 Å². The van der Waals surface area contributed by atoms with Gasteiger partial charge in [0.1, 0.15) is 6.07 Å². The highest BCUT2D eigenvalue weighted by molar-refractivity contribution is 6.00. The first-order chi connectivity index (χ1) is 15.9. The third-order valence-corrected chi connectivity index (χ3v) is 6.53. The molecule has 0 atom stereocenters. The number of pyridine rings is 1. The molecule has 0 aliphatic heterocycles. The Labute approximate surface area is 195 Å². The van der Waals surface area contributed by atoms with E-state index in [1.165, 1.54) is 12.8 Å². The van der Waals surface area contributed by atoms with Crippen LogP contribution in [0.3, 0.4) is 0 Å². The van der Waals surface area contributed by atoms with Crippen LogP contribution in [0.2, 0.25) is 0 Å². The minimum absolute atomic E-state index is 0.0815. The molecule has 33 heavy (non-hydrogen) atoms. The van der Waals surface area contributed by atoms with Crippen LogP contribution in [0.15, 0.2) is 36.7 Å². The molecule has 172 valence electrons. The van der Waals surface area contributed by atoms with Crippen molar-refractivity contribution in [1.29, 1.82) is 5.26 Å². The number of hydrogen-bond donors (Lipinski definition) is 2. The Morgan fingerprint density at radius 1 is 1.12 bits per heavy atom. The fraction of sp³-hybridized carbons (Fsp3) is 0.462. The molecular weight excluding hydrogens is 412 g/mol. The summed E-state index contributed by atoms with van der Waals surface area (Å²) in [7, 11) is 0. The number of carbonyl (C=O) groups excluding carboxylic acids is 1. The van der Waals surface area contributed by atoms with Gasteiger partial charge in [0.2, 0.25) is 0 Å². The molecule has 0 saturated heterocycles. The second kappa shape index (κ2) is 9.62. The Bertz CT molecular complexity index is 1180. The lowest BCUT2D eigenvalue weighted by Gasteiger charge is -2.31. The van der Waals surface area contributed by atoms with Gasteiger partial charge in [0.15, 0.2) is 0 Å². The van der Waals surface area contributed by atoms with Crippen molar-refractivity contribution in [2.45, 2.75) is 65.5 Å². The van der Waals surface area contributed by atoms with Crippen molar-refractivity contribution < 1.29 is 4.79 Å². The monoisotopic (exact) mass is 444 g/mol. The van der Waals surface area contributed by atoms with Crippen LogP contribution in [0, 0.1) is 23.2 Å². The normalized spacial score (nSPS) is 18.5. The molecule has 3 aromatic heterocycles. The zero-order valence-corrected chi connectivity index (χ0v) is 19.8. The number of nitrogens with one attached hydrogen (secondary N) is 2.